The Labute approximate surface area is 197 Å². The van der Waals surface area contributed by atoms with Crippen molar-refractivity contribution in [3.8, 4) is 16.3 Å². The fraction of sp³-hybridized carbons (Fsp3) is 0.333. The monoisotopic (exact) mass is 514 g/mol. The third-order valence-electron chi connectivity index (χ3n) is 5.83. The third kappa shape index (κ3) is 4.05. The van der Waals surface area contributed by atoms with Crippen LogP contribution in [0.1, 0.15) is 27.5 Å². The molecule has 0 aliphatic carbocycles. The number of aromatic hydroxyl groups is 1. The Morgan fingerprint density at radius 2 is 1.97 bits per heavy atom. The van der Waals surface area contributed by atoms with E-state index in [1.165, 1.54) is 12.3 Å². The molecule has 2 atom stereocenters. The topological polar surface area (TPSA) is 97.5 Å². The van der Waals surface area contributed by atoms with Gasteiger partial charge in [0.2, 0.25) is 5.43 Å². The van der Waals surface area contributed by atoms with Gasteiger partial charge in [-0.1, -0.05) is 17.4 Å². The summed E-state index contributed by atoms with van der Waals surface area (Å²) in [7, 11) is 0. The Morgan fingerprint density at radius 3 is 2.69 bits per heavy atom. The summed E-state index contributed by atoms with van der Waals surface area (Å²) in [6.07, 6.45) is -5.24. The van der Waals surface area contributed by atoms with E-state index in [-0.39, 0.29) is 40.7 Å². The first-order valence-electron chi connectivity index (χ1n) is 10.3. The van der Waals surface area contributed by atoms with Crippen LogP contribution in [0.4, 0.5) is 22.0 Å². The van der Waals surface area contributed by atoms with Crippen LogP contribution < -0.4 is 5.43 Å². The predicted molar refractivity (Wildman–Crippen MR) is 111 cm³/mol. The molecule has 184 valence electrons. The second-order valence-corrected chi connectivity index (χ2v) is 9.08. The maximum atomic E-state index is 14.0. The van der Waals surface area contributed by atoms with Gasteiger partial charge in [0.15, 0.2) is 22.7 Å². The van der Waals surface area contributed by atoms with E-state index in [0.29, 0.717) is 4.90 Å². The molecule has 1 N–H and O–H groups in total. The van der Waals surface area contributed by atoms with Crippen LogP contribution >= 0.6 is 11.3 Å². The molecular formula is C21H15F5N4O4S. The highest BCUT2D eigenvalue weighted by molar-refractivity contribution is 7.14. The average molecular weight is 514 g/mol. The van der Waals surface area contributed by atoms with E-state index in [2.05, 4.69) is 10.2 Å². The minimum Gasteiger partial charge on any atom is -0.503 e. The van der Waals surface area contributed by atoms with Gasteiger partial charge in [0.05, 0.1) is 18.7 Å². The van der Waals surface area contributed by atoms with Crippen molar-refractivity contribution in [3.05, 3.63) is 62.5 Å². The van der Waals surface area contributed by atoms with E-state index < -0.39 is 59.3 Å². The number of halogens is 5. The highest BCUT2D eigenvalue weighted by atomic mass is 32.1. The standard InChI is InChI=1S/C21H15F5N4O4S/c22-10-2-1-9(12(23)6-10)5-14-27-28-19(35-14)11-7-29-8-15-30(13(3-4-34-15)21(24,25)26)20(33)16(29)18(32)17(11)31/h1-2,6-7,13,15,32H,3-5,8H2/t13-,15+/m0/s1. The molecule has 1 fully saturated rings. The van der Waals surface area contributed by atoms with Crippen molar-refractivity contribution < 1.29 is 36.6 Å². The Hall–Kier alpha value is -3.39. The van der Waals surface area contributed by atoms with Crippen molar-refractivity contribution in [2.45, 2.75) is 37.8 Å². The lowest BCUT2D eigenvalue weighted by Gasteiger charge is -2.45. The summed E-state index contributed by atoms with van der Waals surface area (Å²) in [5.74, 6) is -3.70. The van der Waals surface area contributed by atoms with Crippen LogP contribution in [-0.4, -0.2) is 55.7 Å². The Kier molecular flexibility index (Phi) is 5.59. The molecule has 1 saturated heterocycles. The lowest BCUT2D eigenvalue weighted by molar-refractivity contribution is -0.229. The van der Waals surface area contributed by atoms with Crippen molar-refractivity contribution in [2.24, 2.45) is 0 Å². The second kappa shape index (κ2) is 8.37. The molecule has 0 saturated carbocycles. The van der Waals surface area contributed by atoms with Gasteiger partial charge in [-0.05, 0) is 11.6 Å². The maximum absolute atomic E-state index is 14.0. The molecule has 0 spiro atoms. The first kappa shape index (κ1) is 23.4. The molecule has 2 aliphatic rings. The van der Waals surface area contributed by atoms with Crippen molar-refractivity contribution >= 4 is 17.2 Å². The van der Waals surface area contributed by atoms with E-state index in [4.69, 9.17) is 4.74 Å². The molecular weight excluding hydrogens is 499 g/mol. The zero-order valence-electron chi connectivity index (χ0n) is 17.6. The lowest BCUT2D eigenvalue weighted by atomic mass is 10.0. The highest BCUT2D eigenvalue weighted by Gasteiger charge is 2.52. The Balaban J connectivity index is 1.50. The number of aromatic nitrogens is 3. The number of nitrogens with zero attached hydrogens (tertiary/aromatic N) is 4. The van der Waals surface area contributed by atoms with Crippen LogP contribution in [0.25, 0.3) is 10.6 Å². The molecule has 0 radical (unpaired) electrons. The van der Waals surface area contributed by atoms with Crippen molar-refractivity contribution in [1.29, 1.82) is 0 Å². The number of pyridine rings is 1. The molecule has 0 unspecified atom stereocenters. The minimum absolute atomic E-state index is 0.0375. The summed E-state index contributed by atoms with van der Waals surface area (Å²) in [4.78, 5) is 26.3. The van der Waals surface area contributed by atoms with Crippen LogP contribution in [0.15, 0.2) is 29.2 Å². The first-order valence-corrected chi connectivity index (χ1v) is 11.1. The summed E-state index contributed by atoms with van der Waals surface area (Å²) in [6, 6.07) is 0.961. The number of fused-ring (bicyclic) bond motifs is 2. The number of hydrogen-bond donors (Lipinski definition) is 1. The number of benzene rings is 1. The van der Waals surface area contributed by atoms with Crippen LogP contribution in [0, 0.1) is 11.6 Å². The van der Waals surface area contributed by atoms with E-state index in [9.17, 15) is 36.6 Å². The highest BCUT2D eigenvalue weighted by Crippen LogP contribution is 2.37. The van der Waals surface area contributed by atoms with Gasteiger partial charge < -0.3 is 14.4 Å². The number of ether oxygens (including phenoxy) is 1. The number of rotatable bonds is 3. The Bertz CT molecular complexity index is 1390. The summed E-state index contributed by atoms with van der Waals surface area (Å²) >= 11 is 0.912. The van der Waals surface area contributed by atoms with Gasteiger partial charge >= 0.3 is 6.18 Å². The van der Waals surface area contributed by atoms with Gasteiger partial charge in [0.25, 0.3) is 5.91 Å². The number of carbonyl (C=O) groups is 1. The van der Waals surface area contributed by atoms with Crippen molar-refractivity contribution in [2.75, 3.05) is 6.61 Å². The smallest absolute Gasteiger partial charge is 0.409 e. The van der Waals surface area contributed by atoms with Crippen LogP contribution in [0.3, 0.4) is 0 Å². The molecule has 3 aromatic rings. The molecule has 1 amide bonds. The van der Waals surface area contributed by atoms with Crippen molar-refractivity contribution in [3.63, 3.8) is 0 Å². The molecule has 35 heavy (non-hydrogen) atoms. The third-order valence-corrected chi connectivity index (χ3v) is 6.78. The van der Waals surface area contributed by atoms with Gasteiger partial charge in [-0.25, -0.2) is 8.78 Å². The van der Waals surface area contributed by atoms with Crippen LogP contribution in [0.2, 0.25) is 0 Å². The van der Waals surface area contributed by atoms with Gasteiger partial charge in [-0.2, -0.15) is 13.2 Å². The largest absolute Gasteiger partial charge is 0.503 e. The van der Waals surface area contributed by atoms with Gasteiger partial charge in [0, 0.05) is 25.1 Å². The molecule has 1 aromatic carbocycles. The summed E-state index contributed by atoms with van der Waals surface area (Å²) in [5.41, 5.74) is -1.58. The van der Waals surface area contributed by atoms with E-state index in [1.807, 2.05) is 0 Å². The number of amides is 1. The zero-order chi connectivity index (χ0) is 25.1. The number of carbonyl (C=O) groups excluding carboxylic acids is 1. The minimum atomic E-state index is -4.71. The number of hydrogen-bond acceptors (Lipinski definition) is 7. The fourth-order valence-electron chi connectivity index (χ4n) is 4.19. The van der Waals surface area contributed by atoms with Crippen LogP contribution in [-0.2, 0) is 17.7 Å². The fourth-order valence-corrected chi connectivity index (χ4v) is 5.06. The molecule has 14 heteroatoms. The SMILES string of the molecule is O=C1c2c(O)c(=O)c(-c3nnc(Cc4ccc(F)cc4F)s3)cn2C[C@H]2OCC[C@@H](C(F)(F)F)N12. The maximum Gasteiger partial charge on any atom is 0.409 e. The van der Waals surface area contributed by atoms with E-state index in [0.717, 1.165) is 28.0 Å². The van der Waals surface area contributed by atoms with Gasteiger partial charge in [-0.3, -0.25) is 14.5 Å². The van der Waals surface area contributed by atoms with Gasteiger partial charge in [-0.15, -0.1) is 10.2 Å². The quantitative estimate of drug-likeness (QED) is 0.540. The van der Waals surface area contributed by atoms with Crippen molar-refractivity contribution in [1.82, 2.24) is 19.7 Å². The summed E-state index contributed by atoms with van der Waals surface area (Å²) in [5, 5.41) is 18.6. The average Bonchev–Trinajstić information content (AvgIpc) is 3.25. The molecule has 8 nitrogen and oxygen atoms in total. The molecule has 0 bridgehead atoms. The van der Waals surface area contributed by atoms with E-state index in [1.54, 1.807) is 0 Å². The van der Waals surface area contributed by atoms with E-state index >= 15 is 0 Å². The van der Waals surface area contributed by atoms with Crippen LogP contribution in [0.5, 0.6) is 5.75 Å². The van der Waals surface area contributed by atoms with Gasteiger partial charge in [0.1, 0.15) is 22.7 Å². The molecule has 2 aliphatic heterocycles. The Morgan fingerprint density at radius 1 is 1.20 bits per heavy atom. The molecule has 4 heterocycles. The summed E-state index contributed by atoms with van der Waals surface area (Å²) < 4.78 is 74.1. The first-order chi connectivity index (χ1) is 16.5. The summed E-state index contributed by atoms with van der Waals surface area (Å²) in [6.45, 7) is -0.465. The lowest BCUT2D eigenvalue weighted by Crippen LogP contribution is -2.61. The second-order valence-electron chi connectivity index (χ2n) is 8.02. The molecule has 2 aromatic heterocycles. The zero-order valence-corrected chi connectivity index (χ0v) is 18.4. The normalized spacial score (nSPS) is 20.0. The number of alkyl halides is 3. The predicted octanol–water partition coefficient (Wildman–Crippen LogP) is 3.07. The molecule has 5 rings (SSSR count).